The zero-order chi connectivity index (χ0) is 10.8. The number of carbonyl (C=O) groups is 1. The van der Waals surface area contributed by atoms with E-state index in [1.54, 1.807) is 0 Å². The van der Waals surface area contributed by atoms with E-state index in [9.17, 15) is 9.90 Å². The molecule has 0 heterocycles. The molecule has 0 aromatic rings. The van der Waals surface area contributed by atoms with Crippen molar-refractivity contribution in [1.82, 2.24) is 0 Å². The van der Waals surface area contributed by atoms with Crippen molar-refractivity contribution in [2.75, 3.05) is 0 Å². The van der Waals surface area contributed by atoms with Crippen molar-refractivity contribution in [3.8, 4) is 0 Å². The Morgan fingerprint density at radius 3 is 2.50 bits per heavy atom. The highest BCUT2D eigenvalue weighted by Crippen LogP contribution is 2.26. The summed E-state index contributed by atoms with van der Waals surface area (Å²) >= 11 is 0. The molecular weight excluding hydrogens is 180 g/mol. The molecule has 3 heteroatoms. The van der Waals surface area contributed by atoms with Gasteiger partial charge in [0.05, 0.1) is 12.0 Å². The van der Waals surface area contributed by atoms with E-state index in [1.807, 2.05) is 20.8 Å². The minimum atomic E-state index is -0.417. The van der Waals surface area contributed by atoms with E-state index in [-0.39, 0.29) is 18.0 Å². The van der Waals surface area contributed by atoms with Crippen LogP contribution in [0.15, 0.2) is 0 Å². The Kier molecular flexibility index (Phi) is 3.53. The molecule has 1 N–H and O–H groups in total. The maximum Gasteiger partial charge on any atom is 0.309 e. The zero-order valence-electron chi connectivity index (χ0n) is 9.25. The molecule has 14 heavy (non-hydrogen) atoms. The van der Waals surface area contributed by atoms with E-state index < -0.39 is 5.60 Å². The van der Waals surface area contributed by atoms with E-state index in [2.05, 4.69) is 0 Å². The summed E-state index contributed by atoms with van der Waals surface area (Å²) < 4.78 is 5.28. The standard InChI is InChI=1S/C11H20O3/c1-11(2,3)14-10(13)8-5-4-6-9(12)7-8/h8-9,12H,4-7H2,1-3H3. The third-order valence-corrected chi connectivity index (χ3v) is 2.39. The van der Waals surface area contributed by atoms with E-state index in [4.69, 9.17) is 4.74 Å². The summed E-state index contributed by atoms with van der Waals surface area (Å²) in [6.07, 6.45) is 2.84. The van der Waals surface area contributed by atoms with Crippen LogP contribution in [-0.4, -0.2) is 22.8 Å². The molecule has 1 fully saturated rings. The van der Waals surface area contributed by atoms with Crippen molar-refractivity contribution in [2.45, 2.75) is 58.2 Å². The van der Waals surface area contributed by atoms with Gasteiger partial charge in [0.2, 0.25) is 0 Å². The van der Waals surface area contributed by atoms with Crippen molar-refractivity contribution in [3.05, 3.63) is 0 Å². The zero-order valence-corrected chi connectivity index (χ0v) is 9.25. The SMILES string of the molecule is CC(C)(C)OC(=O)C1CCCC(O)C1. The van der Waals surface area contributed by atoms with Crippen molar-refractivity contribution in [2.24, 2.45) is 5.92 Å². The molecule has 0 radical (unpaired) electrons. The highest BCUT2D eigenvalue weighted by Gasteiger charge is 2.29. The van der Waals surface area contributed by atoms with Crippen LogP contribution in [0.25, 0.3) is 0 Å². The smallest absolute Gasteiger partial charge is 0.309 e. The summed E-state index contributed by atoms with van der Waals surface area (Å²) in [4.78, 5) is 11.6. The maximum atomic E-state index is 11.6. The number of carbonyl (C=O) groups excluding carboxylic acids is 1. The largest absolute Gasteiger partial charge is 0.460 e. The first kappa shape index (κ1) is 11.5. The van der Waals surface area contributed by atoms with Crippen LogP contribution in [-0.2, 0) is 9.53 Å². The Morgan fingerprint density at radius 1 is 1.36 bits per heavy atom. The van der Waals surface area contributed by atoms with Gasteiger partial charge in [-0.1, -0.05) is 6.42 Å². The lowest BCUT2D eigenvalue weighted by atomic mass is 9.87. The third kappa shape index (κ3) is 3.66. The van der Waals surface area contributed by atoms with Crippen LogP contribution >= 0.6 is 0 Å². The minimum Gasteiger partial charge on any atom is -0.460 e. The van der Waals surface area contributed by atoms with Crippen LogP contribution < -0.4 is 0 Å². The highest BCUT2D eigenvalue weighted by atomic mass is 16.6. The quantitative estimate of drug-likeness (QED) is 0.657. The molecule has 3 nitrogen and oxygen atoms in total. The average Bonchev–Trinajstić information content (AvgIpc) is 2.01. The van der Waals surface area contributed by atoms with Crippen LogP contribution in [0.2, 0.25) is 0 Å². The molecule has 2 atom stereocenters. The summed E-state index contributed by atoms with van der Waals surface area (Å²) in [6.45, 7) is 5.60. The topological polar surface area (TPSA) is 46.5 Å². The Balaban J connectivity index is 2.44. The molecule has 0 spiro atoms. The number of hydrogen-bond acceptors (Lipinski definition) is 3. The predicted molar refractivity (Wildman–Crippen MR) is 53.8 cm³/mol. The first-order valence-corrected chi connectivity index (χ1v) is 5.29. The molecule has 1 rings (SSSR count). The van der Waals surface area contributed by atoms with Gasteiger partial charge in [-0.05, 0) is 40.0 Å². The second-order valence-corrected chi connectivity index (χ2v) is 5.05. The van der Waals surface area contributed by atoms with Gasteiger partial charge in [0.15, 0.2) is 0 Å². The summed E-state index contributed by atoms with van der Waals surface area (Å²) in [5.41, 5.74) is -0.417. The molecule has 0 amide bonds. The van der Waals surface area contributed by atoms with Crippen molar-refractivity contribution in [1.29, 1.82) is 0 Å². The average molecular weight is 200 g/mol. The molecule has 1 aliphatic rings. The van der Waals surface area contributed by atoms with Crippen molar-refractivity contribution >= 4 is 5.97 Å². The van der Waals surface area contributed by atoms with Gasteiger partial charge in [0.25, 0.3) is 0 Å². The molecular formula is C11H20O3. The van der Waals surface area contributed by atoms with Crippen LogP contribution in [0.4, 0.5) is 0 Å². The number of hydrogen-bond donors (Lipinski definition) is 1. The number of aliphatic hydroxyl groups is 1. The fraction of sp³-hybridized carbons (Fsp3) is 0.909. The van der Waals surface area contributed by atoms with E-state index in [0.29, 0.717) is 6.42 Å². The molecule has 0 bridgehead atoms. The molecule has 0 saturated heterocycles. The lowest BCUT2D eigenvalue weighted by molar-refractivity contribution is -0.162. The van der Waals surface area contributed by atoms with E-state index in [1.165, 1.54) is 0 Å². The number of rotatable bonds is 1. The first-order chi connectivity index (χ1) is 6.38. The summed E-state index contributed by atoms with van der Waals surface area (Å²) in [5.74, 6) is -0.255. The maximum absolute atomic E-state index is 11.6. The molecule has 1 aliphatic carbocycles. The van der Waals surface area contributed by atoms with Crippen LogP contribution in [0.1, 0.15) is 46.5 Å². The van der Waals surface area contributed by atoms with Gasteiger partial charge in [0.1, 0.15) is 5.60 Å². The fourth-order valence-corrected chi connectivity index (χ4v) is 1.76. The van der Waals surface area contributed by atoms with Gasteiger partial charge in [-0.15, -0.1) is 0 Å². The van der Waals surface area contributed by atoms with Crippen molar-refractivity contribution < 1.29 is 14.6 Å². The molecule has 0 aliphatic heterocycles. The van der Waals surface area contributed by atoms with E-state index in [0.717, 1.165) is 19.3 Å². The highest BCUT2D eigenvalue weighted by molar-refractivity contribution is 5.73. The van der Waals surface area contributed by atoms with Gasteiger partial charge in [-0.2, -0.15) is 0 Å². The summed E-state index contributed by atoms with van der Waals surface area (Å²) in [6, 6.07) is 0. The molecule has 0 aromatic carbocycles. The molecule has 2 unspecified atom stereocenters. The lowest BCUT2D eigenvalue weighted by Gasteiger charge is -2.28. The van der Waals surface area contributed by atoms with Gasteiger partial charge in [-0.3, -0.25) is 4.79 Å². The van der Waals surface area contributed by atoms with Crippen LogP contribution in [0.5, 0.6) is 0 Å². The Hall–Kier alpha value is -0.570. The molecule has 1 saturated carbocycles. The lowest BCUT2D eigenvalue weighted by Crippen LogP contribution is -2.32. The number of ether oxygens (including phenoxy) is 1. The normalized spacial score (nSPS) is 28.6. The number of esters is 1. The summed E-state index contributed by atoms with van der Waals surface area (Å²) in [7, 11) is 0. The number of aliphatic hydroxyl groups excluding tert-OH is 1. The van der Waals surface area contributed by atoms with E-state index >= 15 is 0 Å². The molecule has 0 aromatic heterocycles. The van der Waals surface area contributed by atoms with Gasteiger partial charge < -0.3 is 9.84 Å². The first-order valence-electron chi connectivity index (χ1n) is 5.29. The molecule has 82 valence electrons. The Bertz CT molecular complexity index is 205. The monoisotopic (exact) mass is 200 g/mol. The Morgan fingerprint density at radius 2 is 2.00 bits per heavy atom. The third-order valence-electron chi connectivity index (χ3n) is 2.39. The predicted octanol–water partition coefficient (Wildman–Crippen LogP) is 1.88. The fourth-order valence-electron chi connectivity index (χ4n) is 1.76. The van der Waals surface area contributed by atoms with Gasteiger partial charge in [0, 0.05) is 0 Å². The van der Waals surface area contributed by atoms with Gasteiger partial charge >= 0.3 is 5.97 Å². The van der Waals surface area contributed by atoms with Crippen LogP contribution in [0.3, 0.4) is 0 Å². The van der Waals surface area contributed by atoms with Crippen molar-refractivity contribution in [3.63, 3.8) is 0 Å². The Labute approximate surface area is 85.5 Å². The van der Waals surface area contributed by atoms with Gasteiger partial charge in [-0.25, -0.2) is 0 Å². The second-order valence-electron chi connectivity index (χ2n) is 5.05. The van der Waals surface area contributed by atoms with Crippen LogP contribution in [0, 0.1) is 5.92 Å². The summed E-state index contributed by atoms with van der Waals surface area (Å²) in [5, 5.41) is 9.42. The second kappa shape index (κ2) is 4.30. The minimum absolute atomic E-state index is 0.0991.